The molecule has 110 valence electrons. The minimum Gasteiger partial charge on any atom is -0.462 e. The summed E-state index contributed by atoms with van der Waals surface area (Å²) in [6, 6.07) is 1.67. The van der Waals surface area contributed by atoms with Crippen molar-refractivity contribution < 1.29 is 22.3 Å². The summed E-state index contributed by atoms with van der Waals surface area (Å²) in [5.41, 5.74) is -0.190. The third kappa shape index (κ3) is 3.77. The molecule has 2 N–H and O–H groups in total. The average molecular weight is 366 g/mol. The zero-order chi connectivity index (χ0) is 14.9. The fourth-order valence-electron chi connectivity index (χ4n) is 1.72. The maximum atomic E-state index is 13.4. The van der Waals surface area contributed by atoms with Gasteiger partial charge in [0.1, 0.15) is 5.82 Å². The summed E-state index contributed by atoms with van der Waals surface area (Å²) < 4.78 is 41.0. The molecule has 0 aromatic heterocycles. The van der Waals surface area contributed by atoms with Crippen molar-refractivity contribution in [1.29, 1.82) is 0 Å². The molecular weight excluding hydrogens is 353 g/mol. The van der Waals surface area contributed by atoms with E-state index in [-0.39, 0.29) is 16.6 Å². The molecule has 20 heavy (non-hydrogen) atoms. The van der Waals surface area contributed by atoms with Crippen LogP contribution in [0.4, 0.5) is 4.39 Å². The molecule has 0 aliphatic heterocycles. The molecule has 1 aromatic carbocycles. The molecule has 0 amide bonds. The van der Waals surface area contributed by atoms with Gasteiger partial charge in [-0.25, -0.2) is 22.7 Å². The maximum Gasteiger partial charge on any atom is 0.339 e. The third-order valence-electron chi connectivity index (χ3n) is 2.99. The Balaban J connectivity index is 2.21. The molecule has 0 saturated heterocycles. The number of halogens is 2. The van der Waals surface area contributed by atoms with Gasteiger partial charge in [-0.3, -0.25) is 0 Å². The number of sulfonamides is 1. The van der Waals surface area contributed by atoms with E-state index >= 15 is 0 Å². The Morgan fingerprint density at radius 2 is 2.10 bits per heavy atom. The molecule has 1 aliphatic rings. The van der Waals surface area contributed by atoms with Crippen molar-refractivity contribution in [2.45, 2.75) is 24.2 Å². The highest BCUT2D eigenvalue weighted by atomic mass is 79.9. The van der Waals surface area contributed by atoms with Gasteiger partial charge in [0.15, 0.2) is 0 Å². The van der Waals surface area contributed by atoms with Gasteiger partial charge in [-0.1, -0.05) is 12.8 Å². The van der Waals surface area contributed by atoms with Crippen LogP contribution >= 0.6 is 15.9 Å². The molecule has 1 aliphatic carbocycles. The lowest BCUT2D eigenvalue weighted by Gasteiger charge is -2.09. The number of nitrogens with two attached hydrogens (primary N) is 1. The van der Waals surface area contributed by atoms with Gasteiger partial charge >= 0.3 is 5.97 Å². The molecule has 5 nitrogen and oxygen atoms in total. The van der Waals surface area contributed by atoms with E-state index in [0.29, 0.717) is 5.92 Å². The second kappa shape index (κ2) is 5.79. The molecule has 1 aromatic rings. The Morgan fingerprint density at radius 1 is 1.45 bits per heavy atom. The molecule has 0 atom stereocenters. The number of primary sulfonamides is 1. The number of rotatable bonds is 5. The van der Waals surface area contributed by atoms with Crippen LogP contribution in [0, 0.1) is 11.7 Å². The summed E-state index contributed by atoms with van der Waals surface area (Å²) in [5.74, 6) is -1.05. The summed E-state index contributed by atoms with van der Waals surface area (Å²) in [5, 5.41) is 4.97. The largest absolute Gasteiger partial charge is 0.462 e. The van der Waals surface area contributed by atoms with Gasteiger partial charge in [0.25, 0.3) is 0 Å². The number of esters is 1. The van der Waals surface area contributed by atoms with Crippen molar-refractivity contribution in [2.24, 2.45) is 11.1 Å². The molecular formula is C12H13BrFNO4S. The predicted molar refractivity (Wildman–Crippen MR) is 73.1 cm³/mol. The first-order chi connectivity index (χ1) is 9.29. The van der Waals surface area contributed by atoms with Crippen LogP contribution in [-0.2, 0) is 14.8 Å². The monoisotopic (exact) mass is 365 g/mol. The summed E-state index contributed by atoms with van der Waals surface area (Å²) in [7, 11) is -4.13. The van der Waals surface area contributed by atoms with E-state index < -0.39 is 26.7 Å². The number of carbonyl (C=O) groups excluding carboxylic acids is 1. The molecule has 1 fully saturated rings. The van der Waals surface area contributed by atoms with Crippen molar-refractivity contribution in [1.82, 2.24) is 0 Å². The summed E-state index contributed by atoms with van der Waals surface area (Å²) in [6.45, 7) is 0.233. The number of ether oxygens (including phenoxy) is 1. The summed E-state index contributed by atoms with van der Waals surface area (Å²) in [4.78, 5) is 11.4. The normalized spacial score (nSPS) is 15.2. The quantitative estimate of drug-likeness (QED) is 0.810. The lowest BCUT2D eigenvalue weighted by atomic mass is 10.2. The van der Waals surface area contributed by atoms with Crippen molar-refractivity contribution in [3.63, 3.8) is 0 Å². The first-order valence-electron chi connectivity index (χ1n) is 5.98. The Labute approximate surface area is 124 Å². The molecule has 0 heterocycles. The Morgan fingerprint density at radius 3 is 2.65 bits per heavy atom. The lowest BCUT2D eigenvalue weighted by Crippen LogP contribution is -2.16. The number of hydrogen-bond donors (Lipinski definition) is 1. The third-order valence-corrected chi connectivity index (χ3v) is 5.04. The molecule has 0 radical (unpaired) electrons. The van der Waals surface area contributed by atoms with Crippen molar-refractivity contribution in [3.8, 4) is 0 Å². The topological polar surface area (TPSA) is 86.5 Å². The van der Waals surface area contributed by atoms with Crippen molar-refractivity contribution >= 4 is 31.9 Å². The lowest BCUT2D eigenvalue weighted by molar-refractivity contribution is 0.0493. The first-order valence-corrected chi connectivity index (χ1v) is 8.32. The number of hydrogen-bond acceptors (Lipinski definition) is 4. The molecule has 8 heteroatoms. The first kappa shape index (κ1) is 15.4. The van der Waals surface area contributed by atoms with Crippen LogP contribution in [-0.4, -0.2) is 21.0 Å². The highest BCUT2D eigenvalue weighted by Gasteiger charge is 2.24. The van der Waals surface area contributed by atoms with Crippen LogP contribution in [0.3, 0.4) is 0 Å². The van der Waals surface area contributed by atoms with Gasteiger partial charge in [0.05, 0.1) is 21.5 Å². The second-order valence-electron chi connectivity index (χ2n) is 4.68. The highest BCUT2D eigenvalue weighted by Crippen LogP contribution is 2.32. The van der Waals surface area contributed by atoms with Crippen LogP contribution in [0.15, 0.2) is 21.5 Å². The average Bonchev–Trinajstić information content (AvgIpc) is 3.14. The van der Waals surface area contributed by atoms with Gasteiger partial charge in [0.2, 0.25) is 10.0 Å². The van der Waals surface area contributed by atoms with E-state index in [9.17, 15) is 17.6 Å². The van der Waals surface area contributed by atoms with Crippen molar-refractivity contribution in [3.05, 3.63) is 28.0 Å². The van der Waals surface area contributed by atoms with Gasteiger partial charge < -0.3 is 4.74 Å². The van der Waals surface area contributed by atoms with Gasteiger partial charge in [0, 0.05) is 0 Å². The smallest absolute Gasteiger partial charge is 0.339 e. The van der Waals surface area contributed by atoms with Crippen LogP contribution in [0.5, 0.6) is 0 Å². The Bertz CT molecular complexity index is 643. The Kier molecular flexibility index (Phi) is 4.46. The van der Waals surface area contributed by atoms with Gasteiger partial charge in [-0.15, -0.1) is 0 Å². The number of carbonyl (C=O) groups is 1. The van der Waals surface area contributed by atoms with Crippen LogP contribution in [0.2, 0.25) is 0 Å². The van der Waals surface area contributed by atoms with E-state index in [1.165, 1.54) is 0 Å². The summed E-state index contributed by atoms with van der Waals surface area (Å²) in [6.07, 6.45) is 3.04. The molecule has 0 spiro atoms. The van der Waals surface area contributed by atoms with Crippen LogP contribution < -0.4 is 5.14 Å². The maximum absolute atomic E-state index is 13.4. The van der Waals surface area contributed by atoms with Gasteiger partial charge in [-0.05, 0) is 40.4 Å². The van der Waals surface area contributed by atoms with Crippen LogP contribution in [0.1, 0.15) is 29.6 Å². The van der Waals surface area contributed by atoms with E-state index in [0.717, 1.165) is 31.4 Å². The van der Waals surface area contributed by atoms with E-state index in [1.54, 1.807) is 0 Å². The zero-order valence-electron chi connectivity index (χ0n) is 10.4. The van der Waals surface area contributed by atoms with Crippen LogP contribution in [0.25, 0.3) is 0 Å². The van der Waals surface area contributed by atoms with E-state index in [2.05, 4.69) is 15.9 Å². The Hall–Kier alpha value is -0.990. The SMILES string of the molecule is NS(=O)(=O)c1cc(F)cc(C(=O)OCCC2CC2)c1Br. The highest BCUT2D eigenvalue weighted by molar-refractivity contribution is 9.10. The minimum atomic E-state index is -4.13. The minimum absolute atomic E-state index is 0.0854. The van der Waals surface area contributed by atoms with Gasteiger partial charge in [-0.2, -0.15) is 0 Å². The fourth-order valence-corrected chi connectivity index (χ4v) is 3.43. The molecule has 0 bridgehead atoms. The predicted octanol–water partition coefficient (Wildman–Crippen LogP) is 2.19. The molecule has 0 unspecified atom stereocenters. The standard InChI is InChI=1S/C12H13BrFNO4S/c13-11-9(12(16)19-4-3-7-1-2-7)5-8(14)6-10(11)20(15,17)18/h5-7H,1-4H2,(H2,15,17,18). The van der Waals surface area contributed by atoms with E-state index in [4.69, 9.17) is 9.88 Å². The molecule has 2 rings (SSSR count). The number of benzene rings is 1. The molecule has 1 saturated carbocycles. The summed E-state index contributed by atoms with van der Waals surface area (Å²) >= 11 is 2.96. The second-order valence-corrected chi connectivity index (χ2v) is 7.00. The van der Waals surface area contributed by atoms with E-state index in [1.807, 2.05) is 0 Å². The fraction of sp³-hybridized carbons (Fsp3) is 0.417. The van der Waals surface area contributed by atoms with Crippen molar-refractivity contribution in [2.75, 3.05) is 6.61 Å². The zero-order valence-corrected chi connectivity index (χ0v) is 12.8.